The first-order valence-electron chi connectivity index (χ1n) is 7.82. The lowest BCUT2D eigenvalue weighted by Crippen LogP contribution is -2.27. The summed E-state index contributed by atoms with van der Waals surface area (Å²) in [6.07, 6.45) is 4.31. The van der Waals surface area contributed by atoms with Crippen molar-refractivity contribution in [3.63, 3.8) is 0 Å². The molecule has 0 spiro atoms. The van der Waals surface area contributed by atoms with Crippen LogP contribution in [0.4, 0.5) is 0 Å². The van der Waals surface area contributed by atoms with Gasteiger partial charge in [-0.3, -0.25) is 0 Å². The number of benzene rings is 1. The lowest BCUT2D eigenvalue weighted by Gasteiger charge is -2.16. The second-order valence-corrected chi connectivity index (χ2v) is 5.46. The number of methoxy groups -OCH3 is 1. The van der Waals surface area contributed by atoms with Crippen molar-refractivity contribution < 1.29 is 14.2 Å². The standard InChI is InChI=1S/C17H27NO3/c1-18-16(8-9-20-12-11-19-2)5-3-14-4-6-17-15(13-14)7-10-21-17/h4,6,13,16,18H,3,5,7-12H2,1-2H3. The molecule has 0 radical (unpaired) electrons. The van der Waals surface area contributed by atoms with Gasteiger partial charge in [-0.15, -0.1) is 0 Å². The summed E-state index contributed by atoms with van der Waals surface area (Å²) >= 11 is 0. The van der Waals surface area contributed by atoms with E-state index >= 15 is 0 Å². The molecule has 1 aliphatic rings. The molecule has 0 fully saturated rings. The van der Waals surface area contributed by atoms with Crippen LogP contribution in [0.3, 0.4) is 0 Å². The number of nitrogens with one attached hydrogen (secondary N) is 1. The molecule has 0 aromatic heterocycles. The summed E-state index contributed by atoms with van der Waals surface area (Å²) in [7, 11) is 3.72. The van der Waals surface area contributed by atoms with E-state index in [0.29, 0.717) is 19.3 Å². The van der Waals surface area contributed by atoms with E-state index in [1.165, 1.54) is 11.1 Å². The fourth-order valence-electron chi connectivity index (χ4n) is 2.64. The predicted octanol–water partition coefficient (Wildman–Crippen LogP) is 2.20. The van der Waals surface area contributed by atoms with Crippen molar-refractivity contribution in [2.75, 3.05) is 40.6 Å². The van der Waals surface area contributed by atoms with Crippen molar-refractivity contribution in [3.05, 3.63) is 29.3 Å². The third kappa shape index (κ3) is 5.30. The first kappa shape index (κ1) is 16.3. The SMILES string of the molecule is CNC(CCOCCOC)CCc1ccc2c(c1)CCO2. The van der Waals surface area contributed by atoms with Gasteiger partial charge in [0, 0.05) is 26.2 Å². The van der Waals surface area contributed by atoms with Gasteiger partial charge in [0.15, 0.2) is 0 Å². The van der Waals surface area contributed by atoms with E-state index in [1.807, 2.05) is 7.05 Å². The minimum Gasteiger partial charge on any atom is -0.493 e. The lowest BCUT2D eigenvalue weighted by atomic mass is 10.0. The highest BCUT2D eigenvalue weighted by Crippen LogP contribution is 2.26. The highest BCUT2D eigenvalue weighted by molar-refractivity contribution is 5.39. The Hall–Kier alpha value is -1.10. The van der Waals surface area contributed by atoms with Gasteiger partial charge in [-0.05, 0) is 43.5 Å². The molecule has 0 saturated carbocycles. The van der Waals surface area contributed by atoms with E-state index < -0.39 is 0 Å². The van der Waals surface area contributed by atoms with Gasteiger partial charge in [-0.2, -0.15) is 0 Å². The summed E-state index contributed by atoms with van der Waals surface area (Å²) in [4.78, 5) is 0. The number of aryl methyl sites for hydroxylation is 1. The maximum Gasteiger partial charge on any atom is 0.122 e. The first-order chi connectivity index (χ1) is 10.3. The minimum absolute atomic E-state index is 0.497. The van der Waals surface area contributed by atoms with Crippen molar-refractivity contribution in [1.82, 2.24) is 5.32 Å². The van der Waals surface area contributed by atoms with Crippen molar-refractivity contribution >= 4 is 0 Å². The topological polar surface area (TPSA) is 39.7 Å². The second-order valence-electron chi connectivity index (χ2n) is 5.46. The van der Waals surface area contributed by atoms with E-state index in [4.69, 9.17) is 14.2 Å². The minimum atomic E-state index is 0.497. The van der Waals surface area contributed by atoms with Gasteiger partial charge in [0.25, 0.3) is 0 Å². The molecule has 0 bridgehead atoms. The average molecular weight is 293 g/mol. The molecule has 1 aromatic carbocycles. The number of hydrogen-bond acceptors (Lipinski definition) is 4. The third-order valence-corrected chi connectivity index (χ3v) is 3.99. The molecule has 0 amide bonds. The molecule has 118 valence electrons. The van der Waals surface area contributed by atoms with Crippen LogP contribution in [0.25, 0.3) is 0 Å². The van der Waals surface area contributed by atoms with E-state index in [-0.39, 0.29) is 0 Å². The molecule has 1 aromatic rings. The quantitative estimate of drug-likeness (QED) is 0.671. The highest BCUT2D eigenvalue weighted by Gasteiger charge is 2.13. The van der Waals surface area contributed by atoms with Gasteiger partial charge in [-0.25, -0.2) is 0 Å². The zero-order valence-corrected chi connectivity index (χ0v) is 13.2. The van der Waals surface area contributed by atoms with Crippen LogP contribution in [-0.4, -0.2) is 46.6 Å². The lowest BCUT2D eigenvalue weighted by molar-refractivity contribution is 0.0658. The molecule has 1 aliphatic heterocycles. The molecule has 0 aliphatic carbocycles. The van der Waals surface area contributed by atoms with Crippen LogP contribution in [-0.2, 0) is 22.3 Å². The van der Waals surface area contributed by atoms with Gasteiger partial charge >= 0.3 is 0 Å². The summed E-state index contributed by atoms with van der Waals surface area (Å²) in [6.45, 7) is 2.96. The fraction of sp³-hybridized carbons (Fsp3) is 0.647. The van der Waals surface area contributed by atoms with Crippen LogP contribution in [0.1, 0.15) is 24.0 Å². The molecule has 21 heavy (non-hydrogen) atoms. The van der Waals surface area contributed by atoms with Crippen LogP contribution in [0, 0.1) is 0 Å². The maximum absolute atomic E-state index is 5.55. The van der Waals surface area contributed by atoms with Crippen molar-refractivity contribution in [1.29, 1.82) is 0 Å². The largest absolute Gasteiger partial charge is 0.493 e. The van der Waals surface area contributed by atoms with Gasteiger partial charge in [0.2, 0.25) is 0 Å². The molecule has 1 atom stereocenters. The maximum atomic E-state index is 5.55. The third-order valence-electron chi connectivity index (χ3n) is 3.99. The number of rotatable bonds is 10. The molecule has 1 unspecified atom stereocenters. The van der Waals surface area contributed by atoms with Crippen LogP contribution in [0.2, 0.25) is 0 Å². The Labute approximate surface area is 127 Å². The summed E-state index contributed by atoms with van der Waals surface area (Å²) < 4.78 is 16.1. The Morgan fingerprint density at radius 2 is 2.14 bits per heavy atom. The zero-order chi connectivity index (χ0) is 14.9. The average Bonchev–Trinajstić information content (AvgIpc) is 2.97. The van der Waals surface area contributed by atoms with Crippen LogP contribution in [0.15, 0.2) is 18.2 Å². The van der Waals surface area contributed by atoms with E-state index in [9.17, 15) is 0 Å². The van der Waals surface area contributed by atoms with Gasteiger partial charge < -0.3 is 19.5 Å². The van der Waals surface area contributed by atoms with Crippen LogP contribution < -0.4 is 10.1 Å². The Balaban J connectivity index is 1.70. The molecule has 0 saturated heterocycles. The second kappa shape index (κ2) is 9.03. The Morgan fingerprint density at radius 3 is 2.95 bits per heavy atom. The zero-order valence-electron chi connectivity index (χ0n) is 13.2. The van der Waals surface area contributed by atoms with Crippen molar-refractivity contribution in [3.8, 4) is 5.75 Å². The molecule has 2 rings (SSSR count). The first-order valence-corrected chi connectivity index (χ1v) is 7.82. The van der Waals surface area contributed by atoms with E-state index in [1.54, 1.807) is 7.11 Å². The normalized spacial score (nSPS) is 14.8. The molecular formula is C17H27NO3. The van der Waals surface area contributed by atoms with Crippen molar-refractivity contribution in [2.45, 2.75) is 31.7 Å². The summed E-state index contributed by atoms with van der Waals surface area (Å²) in [6, 6.07) is 7.09. The van der Waals surface area contributed by atoms with E-state index in [2.05, 4.69) is 23.5 Å². The van der Waals surface area contributed by atoms with Crippen LogP contribution in [0.5, 0.6) is 5.75 Å². The number of fused-ring (bicyclic) bond motifs is 1. The number of hydrogen-bond donors (Lipinski definition) is 1. The predicted molar refractivity (Wildman–Crippen MR) is 84.1 cm³/mol. The Kier molecular flexibility index (Phi) is 7.00. The van der Waals surface area contributed by atoms with E-state index in [0.717, 1.165) is 44.6 Å². The Morgan fingerprint density at radius 1 is 1.24 bits per heavy atom. The summed E-state index contributed by atoms with van der Waals surface area (Å²) in [5, 5.41) is 3.38. The molecule has 4 nitrogen and oxygen atoms in total. The molecule has 1 N–H and O–H groups in total. The monoisotopic (exact) mass is 293 g/mol. The fourth-order valence-corrected chi connectivity index (χ4v) is 2.64. The van der Waals surface area contributed by atoms with Gasteiger partial charge in [0.1, 0.15) is 5.75 Å². The molecule has 4 heteroatoms. The van der Waals surface area contributed by atoms with Gasteiger partial charge in [-0.1, -0.05) is 12.1 Å². The van der Waals surface area contributed by atoms with Crippen LogP contribution >= 0.6 is 0 Å². The van der Waals surface area contributed by atoms with Gasteiger partial charge in [0.05, 0.1) is 19.8 Å². The summed E-state index contributed by atoms with van der Waals surface area (Å²) in [5.74, 6) is 1.07. The molecule has 1 heterocycles. The Bertz CT molecular complexity index is 422. The number of ether oxygens (including phenoxy) is 3. The smallest absolute Gasteiger partial charge is 0.122 e. The van der Waals surface area contributed by atoms with Crippen molar-refractivity contribution in [2.24, 2.45) is 0 Å². The molecular weight excluding hydrogens is 266 g/mol. The summed E-state index contributed by atoms with van der Waals surface area (Å²) in [5.41, 5.74) is 2.76. The highest BCUT2D eigenvalue weighted by atomic mass is 16.5.